The number of nitrogens with one attached hydrogen (secondary N) is 3. The number of sulfonamides is 1. The fourth-order valence-electron chi connectivity index (χ4n) is 3.22. The number of unbranched alkanes of at least 4 members (excludes halogenated alkanes) is 1. The molecule has 0 radical (unpaired) electrons. The van der Waals surface area contributed by atoms with Crippen LogP contribution in [0.25, 0.3) is 16.9 Å². The SMILES string of the molecule is CCCC(=O)[N-]S(=O)(=O)c1cc(NC(=S)NC(C)C)ccc1/C=C/c1ccc(NC(C)=O)cc1[S-](=O)=O.CCC[C-]=O.N.[Na+].[Na+]. The van der Waals surface area contributed by atoms with Gasteiger partial charge in [0.05, 0.1) is 10.8 Å². The van der Waals surface area contributed by atoms with Gasteiger partial charge in [-0.25, -0.2) is 8.42 Å². The minimum atomic E-state index is -4.39. The van der Waals surface area contributed by atoms with Gasteiger partial charge in [0.2, 0.25) is 5.91 Å². The molecular weight excluding hydrogens is 661 g/mol. The van der Waals surface area contributed by atoms with Gasteiger partial charge in [0, 0.05) is 24.3 Å². The van der Waals surface area contributed by atoms with E-state index in [9.17, 15) is 31.2 Å². The van der Waals surface area contributed by atoms with Crippen molar-refractivity contribution in [1.29, 1.82) is 0 Å². The fraction of sp³-hybridized carbons (Fsp3) is 0.357. The molecule has 2 aromatic rings. The van der Waals surface area contributed by atoms with Gasteiger partial charge in [-0.05, 0) is 72.5 Å². The summed E-state index contributed by atoms with van der Waals surface area (Å²) in [6, 6.07) is 8.71. The summed E-state index contributed by atoms with van der Waals surface area (Å²) in [5.41, 5.74) is 1.08. The molecule has 45 heavy (non-hydrogen) atoms. The van der Waals surface area contributed by atoms with Crippen LogP contribution in [0.15, 0.2) is 46.2 Å². The van der Waals surface area contributed by atoms with Gasteiger partial charge in [-0.3, -0.25) is 11.1 Å². The Balaban J connectivity index is -0.00000204. The van der Waals surface area contributed by atoms with Crippen molar-refractivity contribution >= 4 is 79.7 Å². The smallest absolute Gasteiger partial charge is 0.542 e. The molecule has 0 bridgehead atoms. The number of hydrogen-bond acceptors (Lipinski definition) is 10. The maximum atomic E-state index is 13.1. The summed E-state index contributed by atoms with van der Waals surface area (Å²) in [4.78, 5) is 32.2. The van der Waals surface area contributed by atoms with Crippen molar-refractivity contribution in [3.05, 3.63) is 52.2 Å². The Kier molecular flexibility index (Phi) is 26.0. The molecule has 12 nitrogen and oxygen atoms in total. The van der Waals surface area contributed by atoms with Crippen molar-refractivity contribution in [1.82, 2.24) is 11.5 Å². The number of hydrogen-bond donors (Lipinski definition) is 4. The van der Waals surface area contributed by atoms with E-state index in [1.165, 1.54) is 49.4 Å². The number of rotatable bonds is 12. The van der Waals surface area contributed by atoms with E-state index in [1.807, 2.05) is 20.8 Å². The van der Waals surface area contributed by atoms with Crippen LogP contribution in [0.2, 0.25) is 0 Å². The second kappa shape index (κ2) is 24.5. The van der Waals surface area contributed by atoms with Crippen LogP contribution in [-0.2, 0) is 43.5 Å². The van der Waals surface area contributed by atoms with Crippen LogP contribution in [0.1, 0.15) is 71.4 Å². The maximum Gasteiger partial charge on any atom is 1.00 e. The Morgan fingerprint density at radius 3 is 2.00 bits per heavy atom. The van der Waals surface area contributed by atoms with E-state index >= 15 is 0 Å². The van der Waals surface area contributed by atoms with Crippen molar-refractivity contribution in [3.8, 4) is 0 Å². The van der Waals surface area contributed by atoms with Crippen LogP contribution in [0, 0.1) is 0 Å². The Labute approximate surface area is 317 Å². The quantitative estimate of drug-likeness (QED) is 0.0741. The predicted molar refractivity (Wildman–Crippen MR) is 174 cm³/mol. The predicted octanol–water partition coefficient (Wildman–Crippen LogP) is -0.366. The second-order valence-electron chi connectivity index (χ2n) is 9.11. The van der Waals surface area contributed by atoms with E-state index in [4.69, 9.17) is 12.2 Å². The van der Waals surface area contributed by atoms with Crippen molar-refractivity contribution in [3.63, 3.8) is 0 Å². The molecule has 6 N–H and O–H groups in total. The number of benzene rings is 2. The number of carbonyl (C=O) groups excluding carboxylic acids is 3. The maximum absolute atomic E-state index is 13.1. The van der Waals surface area contributed by atoms with Gasteiger partial charge in [-0.2, -0.15) is 6.42 Å². The van der Waals surface area contributed by atoms with Crippen LogP contribution in [-0.4, -0.2) is 37.7 Å². The molecule has 0 saturated carbocycles. The van der Waals surface area contributed by atoms with Gasteiger partial charge >= 0.3 is 59.1 Å². The van der Waals surface area contributed by atoms with E-state index in [2.05, 4.69) is 20.7 Å². The monoisotopic (exact) mass is 698 g/mol. The molecule has 2 amide bonds. The third-order valence-corrected chi connectivity index (χ3v) is 7.25. The van der Waals surface area contributed by atoms with Gasteiger partial charge in [-0.1, -0.05) is 61.9 Å². The summed E-state index contributed by atoms with van der Waals surface area (Å²) >= 11 is 5.23. The second-order valence-corrected chi connectivity index (χ2v) is 12.0. The number of anilines is 2. The average molecular weight is 699 g/mol. The van der Waals surface area contributed by atoms with Crippen molar-refractivity contribution in [2.75, 3.05) is 10.6 Å². The molecule has 2 aromatic carbocycles. The third kappa shape index (κ3) is 18.3. The Hall–Kier alpha value is -1.66. The van der Waals surface area contributed by atoms with Crippen LogP contribution in [0.3, 0.4) is 0 Å². The molecule has 0 fully saturated rings. The molecule has 0 spiro atoms. The largest absolute Gasteiger partial charge is 1.00 e. The molecule has 17 heteroatoms. The third-order valence-electron chi connectivity index (χ3n) is 4.96. The van der Waals surface area contributed by atoms with E-state index < -0.39 is 26.6 Å². The van der Waals surface area contributed by atoms with Crippen molar-refractivity contribution in [2.24, 2.45) is 0 Å². The average Bonchev–Trinajstić information content (AvgIpc) is 2.88. The number of nitrogens with zero attached hydrogens (tertiary/aromatic N) is 1. The van der Waals surface area contributed by atoms with Gasteiger partial charge in [0.15, 0.2) is 5.11 Å². The molecule has 0 aliphatic heterocycles. The minimum absolute atomic E-state index is 0. The summed E-state index contributed by atoms with van der Waals surface area (Å²) in [6.45, 7) is 8.76. The molecule has 0 atom stereocenters. The molecule has 0 unspecified atom stereocenters. The Morgan fingerprint density at radius 1 is 0.978 bits per heavy atom. The molecule has 0 aliphatic rings. The van der Waals surface area contributed by atoms with E-state index in [0.717, 1.165) is 6.42 Å². The van der Waals surface area contributed by atoms with E-state index in [0.29, 0.717) is 24.2 Å². The van der Waals surface area contributed by atoms with E-state index in [1.54, 1.807) is 19.3 Å². The van der Waals surface area contributed by atoms with E-state index in [-0.39, 0.29) is 110 Å². The first kappa shape index (κ1) is 47.7. The summed E-state index contributed by atoms with van der Waals surface area (Å²) < 4.78 is 53.1. The zero-order valence-corrected chi connectivity index (χ0v) is 33.2. The zero-order valence-electron chi connectivity index (χ0n) is 26.8. The number of carbonyl (C=O) groups is 2. The first-order chi connectivity index (χ1) is 19.7. The minimum Gasteiger partial charge on any atom is -0.542 e. The summed E-state index contributed by atoms with van der Waals surface area (Å²) in [7, 11) is -7.03. The molecule has 0 saturated heterocycles. The first-order valence-electron chi connectivity index (χ1n) is 13.0. The zero-order chi connectivity index (χ0) is 31.9. The molecule has 0 aromatic heterocycles. The Bertz CT molecular complexity index is 1490. The molecule has 2 rings (SSSR count). The molecule has 0 aliphatic carbocycles. The van der Waals surface area contributed by atoms with Crippen LogP contribution in [0.4, 0.5) is 11.4 Å². The molecular formula is C28H38N5Na2O7S3-. The van der Waals surface area contributed by atoms with Crippen molar-refractivity contribution < 1.29 is 90.3 Å². The van der Waals surface area contributed by atoms with Gasteiger partial charge < -0.3 is 44.8 Å². The fourth-order valence-corrected chi connectivity index (χ4v) is 5.30. The van der Waals surface area contributed by atoms with Gasteiger partial charge in [0.1, 0.15) is 10.0 Å². The standard InChI is InChI=1S/C24H29N4O6S3.C4H7O.H3N.2Na/c1-5-6-23(30)28-37(33,34)22-14-20(27-24(35)25-15(2)3)12-10-18(22)8-7-17-9-11-19(26-16(4)29)13-21(17)36(31)32;1-2-3-4-5;;;/h7-15H,5-6H2,1-4H3,(H4,25,26,27,28,29,30,31,32,35);2-3H2,1H3;1H3;;/q2*-1;;2*+1/p-1. The van der Waals surface area contributed by atoms with Gasteiger partial charge in [-0.15, -0.1) is 0 Å². The summed E-state index contributed by atoms with van der Waals surface area (Å²) in [6.07, 6.45) is 6.51. The summed E-state index contributed by atoms with van der Waals surface area (Å²) in [5, 5.41) is 8.68. The topological polar surface area (TPSA) is 205 Å². The molecule has 238 valence electrons. The molecule has 0 heterocycles. The van der Waals surface area contributed by atoms with Crippen LogP contribution < -0.4 is 81.2 Å². The normalized spacial score (nSPS) is 10.3. The van der Waals surface area contributed by atoms with Crippen LogP contribution >= 0.6 is 12.2 Å². The van der Waals surface area contributed by atoms with Crippen LogP contribution in [0.5, 0.6) is 0 Å². The van der Waals surface area contributed by atoms with Crippen molar-refractivity contribution in [2.45, 2.75) is 76.1 Å². The Morgan fingerprint density at radius 2 is 1.53 bits per heavy atom. The number of thiocarbonyl (C=S) groups is 1. The van der Waals surface area contributed by atoms with Gasteiger partial charge in [0.25, 0.3) is 0 Å². The summed E-state index contributed by atoms with van der Waals surface area (Å²) in [5.74, 6) is -1.13. The number of amides is 2. The first-order valence-corrected chi connectivity index (χ1v) is 15.9.